The summed E-state index contributed by atoms with van der Waals surface area (Å²) in [7, 11) is -1.54. The van der Waals surface area contributed by atoms with Crippen LogP contribution in [-0.2, 0) is 16.6 Å². The largest absolute Gasteiger partial charge is 0.214 e. The molecule has 0 aliphatic heterocycles. The van der Waals surface area contributed by atoms with Crippen LogP contribution in [0.2, 0.25) is 0 Å². The zero-order valence-electron chi connectivity index (χ0n) is 9.53. The van der Waals surface area contributed by atoms with Crippen LogP contribution in [0.5, 0.6) is 0 Å². The maximum absolute atomic E-state index is 11.9. The molecule has 0 aromatic carbocycles. The Bertz CT molecular complexity index is 447. The smallest absolute Gasteiger partial charge is 0.212 e. The van der Waals surface area contributed by atoms with Gasteiger partial charge in [-0.2, -0.15) is 4.31 Å². The number of unbranched alkanes of at least 4 members (excludes halogenated alkanes) is 1. The quantitative estimate of drug-likeness (QED) is 0.553. The molecule has 0 atom stereocenters. The summed E-state index contributed by atoms with van der Waals surface area (Å²) in [5, 5.41) is 1.95. The van der Waals surface area contributed by atoms with Crippen LogP contribution in [-0.4, -0.2) is 31.4 Å². The molecule has 1 rings (SSSR count). The van der Waals surface area contributed by atoms with E-state index in [-0.39, 0.29) is 5.75 Å². The van der Waals surface area contributed by atoms with Crippen molar-refractivity contribution in [3.05, 3.63) is 20.8 Å². The number of thiophene rings is 1. The van der Waals surface area contributed by atoms with E-state index in [9.17, 15) is 8.42 Å². The second-order valence-corrected chi connectivity index (χ2v) is 8.18. The van der Waals surface area contributed by atoms with Crippen molar-refractivity contribution in [2.24, 2.45) is 0 Å². The number of halogens is 2. The van der Waals surface area contributed by atoms with Crippen molar-refractivity contribution in [1.29, 1.82) is 0 Å². The van der Waals surface area contributed by atoms with Crippen molar-refractivity contribution in [2.45, 2.75) is 19.4 Å². The second kappa shape index (κ2) is 7.09. The Morgan fingerprint density at radius 3 is 2.71 bits per heavy atom. The summed E-state index contributed by atoms with van der Waals surface area (Å²) in [6.45, 7) is 0.430. The molecule has 0 fully saturated rings. The molecule has 7 heteroatoms. The summed E-state index contributed by atoms with van der Waals surface area (Å²) in [5.41, 5.74) is 0. The van der Waals surface area contributed by atoms with Gasteiger partial charge in [-0.15, -0.1) is 22.9 Å². The predicted octanol–water partition coefficient (Wildman–Crippen LogP) is 3.29. The Morgan fingerprint density at radius 1 is 1.47 bits per heavy atom. The zero-order chi connectivity index (χ0) is 12.9. The van der Waals surface area contributed by atoms with Crippen LogP contribution >= 0.6 is 38.9 Å². The van der Waals surface area contributed by atoms with Gasteiger partial charge in [-0.25, -0.2) is 8.42 Å². The molecule has 17 heavy (non-hydrogen) atoms. The van der Waals surface area contributed by atoms with Crippen LogP contribution in [0.15, 0.2) is 15.9 Å². The number of hydrogen-bond acceptors (Lipinski definition) is 3. The van der Waals surface area contributed by atoms with Crippen molar-refractivity contribution in [3.8, 4) is 0 Å². The van der Waals surface area contributed by atoms with Gasteiger partial charge in [-0.05, 0) is 34.8 Å². The highest BCUT2D eigenvalue weighted by atomic mass is 79.9. The third kappa shape index (κ3) is 5.26. The van der Waals surface area contributed by atoms with Crippen LogP contribution in [0, 0.1) is 0 Å². The van der Waals surface area contributed by atoms with Gasteiger partial charge >= 0.3 is 0 Å². The molecule has 0 spiro atoms. The summed E-state index contributed by atoms with van der Waals surface area (Å²) in [6, 6.07) is 1.94. The Labute approximate surface area is 120 Å². The third-order valence-corrected chi connectivity index (χ3v) is 6.09. The molecule has 0 saturated carbocycles. The molecular formula is C10H15BrClNO2S2. The average molecular weight is 361 g/mol. The Kier molecular flexibility index (Phi) is 6.44. The van der Waals surface area contributed by atoms with Crippen molar-refractivity contribution >= 4 is 48.9 Å². The molecule has 0 aliphatic rings. The molecule has 3 nitrogen and oxygen atoms in total. The van der Waals surface area contributed by atoms with Gasteiger partial charge in [-0.1, -0.05) is 0 Å². The predicted molar refractivity (Wildman–Crippen MR) is 77.2 cm³/mol. The topological polar surface area (TPSA) is 37.4 Å². The number of nitrogens with zero attached hydrogens (tertiary/aromatic N) is 1. The molecule has 0 bridgehead atoms. The van der Waals surface area contributed by atoms with E-state index in [0.29, 0.717) is 18.8 Å². The van der Waals surface area contributed by atoms with E-state index in [4.69, 9.17) is 11.6 Å². The van der Waals surface area contributed by atoms with E-state index < -0.39 is 10.0 Å². The lowest BCUT2D eigenvalue weighted by atomic mass is 10.4. The molecular weight excluding hydrogens is 346 g/mol. The molecule has 0 aliphatic carbocycles. The Hall–Kier alpha value is 0.380. The summed E-state index contributed by atoms with van der Waals surface area (Å²) in [6.07, 6.45) is 1.35. The Morgan fingerprint density at radius 2 is 2.18 bits per heavy atom. The first-order valence-corrected chi connectivity index (χ1v) is 9.00. The monoisotopic (exact) mass is 359 g/mol. The molecule has 1 aromatic heterocycles. The lowest BCUT2D eigenvalue weighted by Crippen LogP contribution is -2.28. The van der Waals surface area contributed by atoms with E-state index in [0.717, 1.165) is 15.8 Å². The van der Waals surface area contributed by atoms with Crippen molar-refractivity contribution in [3.63, 3.8) is 0 Å². The first-order chi connectivity index (χ1) is 7.95. The fourth-order valence-electron chi connectivity index (χ4n) is 1.29. The highest BCUT2D eigenvalue weighted by Crippen LogP contribution is 2.21. The van der Waals surface area contributed by atoms with Crippen LogP contribution in [0.3, 0.4) is 0 Å². The van der Waals surface area contributed by atoms with Gasteiger partial charge in [0.1, 0.15) is 0 Å². The van der Waals surface area contributed by atoms with E-state index in [2.05, 4.69) is 15.9 Å². The summed E-state index contributed by atoms with van der Waals surface area (Å²) in [4.78, 5) is 1.03. The van der Waals surface area contributed by atoms with Gasteiger partial charge in [0.15, 0.2) is 0 Å². The van der Waals surface area contributed by atoms with E-state index in [1.807, 2.05) is 11.4 Å². The molecule has 1 aromatic rings. The van der Waals surface area contributed by atoms with Crippen molar-refractivity contribution < 1.29 is 8.42 Å². The number of alkyl halides is 1. The molecule has 0 saturated heterocycles. The minimum Gasteiger partial charge on any atom is -0.212 e. The third-order valence-electron chi connectivity index (χ3n) is 2.26. The highest BCUT2D eigenvalue weighted by Gasteiger charge is 2.17. The lowest BCUT2D eigenvalue weighted by Gasteiger charge is -2.15. The summed E-state index contributed by atoms with van der Waals surface area (Å²) in [5.74, 6) is 0.680. The van der Waals surface area contributed by atoms with Gasteiger partial charge in [0.2, 0.25) is 10.0 Å². The molecule has 98 valence electrons. The number of rotatable bonds is 7. The van der Waals surface area contributed by atoms with Crippen molar-refractivity contribution in [2.75, 3.05) is 18.7 Å². The molecule has 0 unspecified atom stereocenters. The van der Waals surface area contributed by atoms with Crippen LogP contribution in [0.4, 0.5) is 0 Å². The SMILES string of the molecule is CN(Cc1cc(Br)cs1)S(=O)(=O)CCCCCl. The zero-order valence-corrected chi connectivity index (χ0v) is 13.5. The van der Waals surface area contributed by atoms with Gasteiger partial charge in [0, 0.05) is 34.2 Å². The summed E-state index contributed by atoms with van der Waals surface area (Å²) >= 11 is 10.4. The molecule has 0 amide bonds. The maximum Gasteiger partial charge on any atom is 0.214 e. The van der Waals surface area contributed by atoms with E-state index in [1.54, 1.807) is 18.4 Å². The van der Waals surface area contributed by atoms with E-state index >= 15 is 0 Å². The van der Waals surface area contributed by atoms with Crippen molar-refractivity contribution in [1.82, 2.24) is 4.31 Å². The van der Waals surface area contributed by atoms with Crippen LogP contribution < -0.4 is 0 Å². The highest BCUT2D eigenvalue weighted by molar-refractivity contribution is 9.10. The Balaban J connectivity index is 2.53. The fraction of sp³-hybridized carbons (Fsp3) is 0.600. The number of sulfonamides is 1. The fourth-order valence-corrected chi connectivity index (χ4v) is 4.28. The van der Waals surface area contributed by atoms with Crippen LogP contribution in [0.1, 0.15) is 17.7 Å². The average Bonchev–Trinajstić information content (AvgIpc) is 2.64. The standard InChI is InChI=1S/C10H15BrClNO2S2/c1-13(7-10-6-9(11)8-16-10)17(14,15)5-3-2-4-12/h6,8H,2-5,7H2,1H3. The second-order valence-electron chi connectivity index (χ2n) is 3.70. The summed E-state index contributed by atoms with van der Waals surface area (Å²) < 4.78 is 26.2. The van der Waals surface area contributed by atoms with Gasteiger partial charge in [-0.3, -0.25) is 0 Å². The normalized spacial score (nSPS) is 12.2. The minimum atomic E-state index is -3.16. The van der Waals surface area contributed by atoms with Gasteiger partial charge in [0.25, 0.3) is 0 Å². The van der Waals surface area contributed by atoms with Gasteiger partial charge in [0.05, 0.1) is 5.75 Å². The minimum absolute atomic E-state index is 0.169. The van der Waals surface area contributed by atoms with Crippen LogP contribution in [0.25, 0.3) is 0 Å². The van der Waals surface area contributed by atoms with E-state index in [1.165, 1.54) is 4.31 Å². The maximum atomic E-state index is 11.9. The molecule has 0 N–H and O–H groups in total. The first-order valence-electron chi connectivity index (χ1n) is 5.18. The lowest BCUT2D eigenvalue weighted by molar-refractivity contribution is 0.468. The first kappa shape index (κ1) is 15.4. The molecule has 0 radical (unpaired) electrons. The number of hydrogen-bond donors (Lipinski definition) is 0. The van der Waals surface area contributed by atoms with Gasteiger partial charge < -0.3 is 0 Å². The molecule has 1 heterocycles.